The Labute approximate surface area is 283 Å². The van der Waals surface area contributed by atoms with E-state index < -0.39 is 0 Å². The molecular formula is C46H30N2O. The first-order valence-electron chi connectivity index (χ1n) is 16.7. The number of para-hydroxylation sites is 4. The van der Waals surface area contributed by atoms with Crippen LogP contribution in [-0.4, -0.2) is 4.57 Å². The second-order valence-corrected chi connectivity index (χ2v) is 12.6. The van der Waals surface area contributed by atoms with Crippen LogP contribution in [0.3, 0.4) is 0 Å². The number of hydrogen-bond acceptors (Lipinski definition) is 2. The summed E-state index contributed by atoms with van der Waals surface area (Å²) in [5, 5.41) is 7.11. The quantitative estimate of drug-likeness (QED) is 0.190. The molecule has 10 aromatic rings. The molecule has 0 spiro atoms. The lowest BCUT2D eigenvalue weighted by Gasteiger charge is -2.25. The van der Waals surface area contributed by atoms with Gasteiger partial charge in [-0.2, -0.15) is 0 Å². The number of furan rings is 1. The summed E-state index contributed by atoms with van der Waals surface area (Å²) < 4.78 is 9.21. The number of anilines is 3. The van der Waals surface area contributed by atoms with E-state index in [1.54, 1.807) is 0 Å². The van der Waals surface area contributed by atoms with Crippen molar-refractivity contribution >= 4 is 71.6 Å². The molecule has 10 rings (SSSR count). The minimum absolute atomic E-state index is 0.867. The molecule has 230 valence electrons. The van der Waals surface area contributed by atoms with Gasteiger partial charge >= 0.3 is 0 Å². The van der Waals surface area contributed by atoms with Crippen LogP contribution in [0.1, 0.15) is 0 Å². The molecule has 0 amide bonds. The summed E-state index contributed by atoms with van der Waals surface area (Å²) >= 11 is 0. The van der Waals surface area contributed by atoms with Gasteiger partial charge in [-0.3, -0.25) is 0 Å². The van der Waals surface area contributed by atoms with Gasteiger partial charge in [0.15, 0.2) is 5.58 Å². The van der Waals surface area contributed by atoms with Crippen molar-refractivity contribution < 1.29 is 4.42 Å². The molecule has 0 saturated heterocycles. The number of nitrogens with zero attached hydrogens (tertiary/aromatic N) is 2. The van der Waals surface area contributed by atoms with Crippen LogP contribution in [0.2, 0.25) is 0 Å². The predicted molar refractivity (Wildman–Crippen MR) is 206 cm³/mol. The molecule has 49 heavy (non-hydrogen) atoms. The van der Waals surface area contributed by atoms with Crippen LogP contribution in [-0.2, 0) is 0 Å². The first kappa shape index (κ1) is 27.5. The molecule has 0 unspecified atom stereocenters. The molecule has 0 aliphatic heterocycles. The van der Waals surface area contributed by atoms with E-state index in [0.717, 1.165) is 55.8 Å². The SMILES string of the molecule is c1ccc(N(c2ccc3ccccc3c2)c2cccc3c2oc2cc(-c4ccc5c6ccccc6n(-c6ccccc6)c5c4)ccc23)cc1. The normalized spacial score (nSPS) is 11.7. The van der Waals surface area contributed by atoms with E-state index >= 15 is 0 Å². The predicted octanol–water partition coefficient (Wildman–Crippen LogP) is 13.0. The third-order valence-corrected chi connectivity index (χ3v) is 9.75. The Hall–Kier alpha value is -6.58. The van der Waals surface area contributed by atoms with E-state index in [4.69, 9.17) is 4.42 Å². The summed E-state index contributed by atoms with van der Waals surface area (Å²) in [7, 11) is 0. The van der Waals surface area contributed by atoms with Crippen LogP contribution < -0.4 is 4.90 Å². The standard InChI is InChI=1S/C46H30N2O/c1-3-14-35(15-4-1)47(37-25-22-31-12-7-8-13-32(31)28-37)43-21-11-19-41-40-27-24-34(30-45(40)49-46(41)43)33-23-26-39-38-18-9-10-20-42(38)48(44(39)29-33)36-16-5-2-6-17-36/h1-30H. The van der Waals surface area contributed by atoms with Gasteiger partial charge in [0.05, 0.1) is 16.7 Å². The molecule has 0 aliphatic rings. The van der Waals surface area contributed by atoms with Crippen molar-refractivity contribution in [1.82, 2.24) is 4.57 Å². The van der Waals surface area contributed by atoms with Gasteiger partial charge in [-0.15, -0.1) is 0 Å². The van der Waals surface area contributed by atoms with Crippen LogP contribution >= 0.6 is 0 Å². The van der Waals surface area contributed by atoms with Crippen LogP contribution in [0.4, 0.5) is 17.1 Å². The van der Waals surface area contributed by atoms with Crippen molar-refractivity contribution in [2.45, 2.75) is 0 Å². The van der Waals surface area contributed by atoms with Crippen LogP contribution in [0.25, 0.3) is 71.3 Å². The van der Waals surface area contributed by atoms with Gasteiger partial charge in [-0.1, -0.05) is 115 Å². The van der Waals surface area contributed by atoms with E-state index in [-0.39, 0.29) is 0 Å². The Morgan fingerprint density at radius 1 is 0.408 bits per heavy atom. The minimum Gasteiger partial charge on any atom is -0.454 e. The zero-order valence-electron chi connectivity index (χ0n) is 26.6. The molecule has 0 aliphatic carbocycles. The van der Waals surface area contributed by atoms with Gasteiger partial charge < -0.3 is 13.9 Å². The van der Waals surface area contributed by atoms with Crippen molar-refractivity contribution in [2.24, 2.45) is 0 Å². The van der Waals surface area contributed by atoms with E-state index in [0.29, 0.717) is 0 Å². The lowest BCUT2D eigenvalue weighted by molar-refractivity contribution is 0.669. The lowest BCUT2D eigenvalue weighted by Crippen LogP contribution is -2.10. The fourth-order valence-electron chi connectivity index (χ4n) is 7.46. The Bertz CT molecular complexity index is 2830. The average molecular weight is 627 g/mol. The fraction of sp³-hybridized carbons (Fsp3) is 0. The van der Waals surface area contributed by atoms with Gasteiger partial charge in [-0.25, -0.2) is 0 Å². The topological polar surface area (TPSA) is 21.3 Å². The molecule has 0 N–H and O–H groups in total. The maximum absolute atomic E-state index is 6.84. The second-order valence-electron chi connectivity index (χ2n) is 12.6. The molecule has 3 nitrogen and oxygen atoms in total. The van der Waals surface area contributed by atoms with Crippen molar-refractivity contribution in [3.8, 4) is 16.8 Å². The third-order valence-electron chi connectivity index (χ3n) is 9.75. The van der Waals surface area contributed by atoms with Crippen molar-refractivity contribution in [1.29, 1.82) is 0 Å². The Kier molecular flexibility index (Phi) is 6.18. The van der Waals surface area contributed by atoms with Crippen molar-refractivity contribution in [3.05, 3.63) is 182 Å². The summed E-state index contributed by atoms with van der Waals surface area (Å²) in [6.45, 7) is 0. The molecule has 3 heteroatoms. The van der Waals surface area contributed by atoms with Gasteiger partial charge in [0.2, 0.25) is 0 Å². The Balaban J connectivity index is 1.14. The summed E-state index contributed by atoms with van der Waals surface area (Å²) in [6, 6.07) is 64.8. The molecule has 0 fully saturated rings. The maximum Gasteiger partial charge on any atom is 0.159 e. The Morgan fingerprint density at radius 2 is 1.08 bits per heavy atom. The molecule has 2 heterocycles. The molecule has 0 atom stereocenters. The monoisotopic (exact) mass is 626 g/mol. The molecule has 0 radical (unpaired) electrons. The van der Waals surface area contributed by atoms with Gasteiger partial charge in [-0.05, 0) is 88.6 Å². The zero-order valence-corrected chi connectivity index (χ0v) is 26.6. The second kappa shape index (κ2) is 11.0. The minimum atomic E-state index is 0.867. The number of aromatic nitrogens is 1. The number of fused-ring (bicyclic) bond motifs is 7. The van der Waals surface area contributed by atoms with Crippen molar-refractivity contribution in [3.63, 3.8) is 0 Å². The van der Waals surface area contributed by atoms with Crippen LogP contribution in [0.15, 0.2) is 186 Å². The highest BCUT2D eigenvalue weighted by Crippen LogP contribution is 2.43. The number of benzene rings is 8. The van der Waals surface area contributed by atoms with E-state index in [1.807, 2.05) is 0 Å². The van der Waals surface area contributed by atoms with Crippen molar-refractivity contribution in [2.75, 3.05) is 4.90 Å². The summed E-state index contributed by atoms with van der Waals surface area (Å²) in [5.41, 5.74) is 10.7. The highest BCUT2D eigenvalue weighted by molar-refractivity contribution is 6.12. The lowest BCUT2D eigenvalue weighted by atomic mass is 10.0. The zero-order chi connectivity index (χ0) is 32.3. The Morgan fingerprint density at radius 3 is 1.94 bits per heavy atom. The van der Waals surface area contributed by atoms with E-state index in [1.165, 1.54) is 32.6 Å². The van der Waals surface area contributed by atoms with Gasteiger partial charge in [0.1, 0.15) is 5.58 Å². The summed E-state index contributed by atoms with van der Waals surface area (Å²) in [4.78, 5) is 2.30. The van der Waals surface area contributed by atoms with Gasteiger partial charge in [0, 0.05) is 38.6 Å². The smallest absolute Gasteiger partial charge is 0.159 e. The molecule has 0 saturated carbocycles. The van der Waals surface area contributed by atoms with E-state index in [2.05, 4.69) is 191 Å². The highest BCUT2D eigenvalue weighted by atomic mass is 16.3. The maximum atomic E-state index is 6.84. The third kappa shape index (κ3) is 4.44. The number of hydrogen-bond donors (Lipinski definition) is 0. The molecule has 2 aromatic heterocycles. The molecule has 8 aromatic carbocycles. The first-order chi connectivity index (χ1) is 24.3. The fourth-order valence-corrected chi connectivity index (χ4v) is 7.46. The first-order valence-corrected chi connectivity index (χ1v) is 16.7. The summed E-state index contributed by atoms with van der Waals surface area (Å²) in [5.74, 6) is 0. The summed E-state index contributed by atoms with van der Waals surface area (Å²) in [6.07, 6.45) is 0. The largest absolute Gasteiger partial charge is 0.454 e. The highest BCUT2D eigenvalue weighted by Gasteiger charge is 2.20. The van der Waals surface area contributed by atoms with Gasteiger partial charge in [0.25, 0.3) is 0 Å². The van der Waals surface area contributed by atoms with Crippen LogP contribution in [0, 0.1) is 0 Å². The van der Waals surface area contributed by atoms with Crippen LogP contribution in [0.5, 0.6) is 0 Å². The molecule has 0 bridgehead atoms. The average Bonchev–Trinajstić information content (AvgIpc) is 3.71. The number of rotatable bonds is 5. The molecular weight excluding hydrogens is 597 g/mol. The van der Waals surface area contributed by atoms with E-state index in [9.17, 15) is 0 Å².